The first-order chi connectivity index (χ1) is 7.68. The third-order valence-corrected chi connectivity index (χ3v) is 3.95. The van der Waals surface area contributed by atoms with Crippen LogP contribution in [-0.2, 0) is 9.53 Å². The maximum atomic E-state index is 12.0. The van der Waals surface area contributed by atoms with E-state index in [4.69, 9.17) is 10.5 Å². The van der Waals surface area contributed by atoms with E-state index in [0.29, 0.717) is 5.92 Å². The first-order valence-corrected chi connectivity index (χ1v) is 6.32. The first kappa shape index (κ1) is 11.9. The molecule has 4 unspecified atom stereocenters. The maximum absolute atomic E-state index is 12.0. The Kier molecular flexibility index (Phi) is 3.82. The summed E-state index contributed by atoms with van der Waals surface area (Å²) in [5, 5.41) is 3.10. The average molecular weight is 226 g/mol. The van der Waals surface area contributed by atoms with Gasteiger partial charge in [-0.15, -0.1) is 0 Å². The minimum absolute atomic E-state index is 0.0322. The SMILES string of the molecule is CC(NC(=O)C1CCCC1N)C1CCOC1. The second-order valence-electron chi connectivity index (χ2n) is 5.12. The van der Waals surface area contributed by atoms with Crippen LogP contribution in [0.15, 0.2) is 0 Å². The molecule has 0 bridgehead atoms. The minimum Gasteiger partial charge on any atom is -0.381 e. The molecule has 4 heteroatoms. The molecule has 0 aromatic heterocycles. The number of carbonyl (C=O) groups is 1. The molecular formula is C12H22N2O2. The van der Waals surface area contributed by atoms with Crippen molar-refractivity contribution in [2.24, 2.45) is 17.6 Å². The second kappa shape index (κ2) is 5.15. The van der Waals surface area contributed by atoms with Crippen molar-refractivity contribution in [3.8, 4) is 0 Å². The lowest BCUT2D eigenvalue weighted by Crippen LogP contribution is -2.45. The Morgan fingerprint density at radius 2 is 2.25 bits per heavy atom. The van der Waals surface area contributed by atoms with Crippen molar-refractivity contribution in [2.45, 2.75) is 44.7 Å². The van der Waals surface area contributed by atoms with Gasteiger partial charge in [0.05, 0.1) is 12.5 Å². The van der Waals surface area contributed by atoms with Crippen molar-refractivity contribution in [1.82, 2.24) is 5.32 Å². The summed E-state index contributed by atoms with van der Waals surface area (Å²) in [6.45, 7) is 3.67. The molecule has 0 spiro atoms. The normalized spacial score (nSPS) is 36.2. The lowest BCUT2D eigenvalue weighted by molar-refractivity contribution is -0.126. The van der Waals surface area contributed by atoms with Gasteiger partial charge in [0.2, 0.25) is 5.91 Å². The number of ether oxygens (including phenoxy) is 1. The van der Waals surface area contributed by atoms with E-state index in [0.717, 1.165) is 38.9 Å². The molecule has 2 aliphatic rings. The van der Waals surface area contributed by atoms with Crippen molar-refractivity contribution in [2.75, 3.05) is 13.2 Å². The molecular weight excluding hydrogens is 204 g/mol. The van der Waals surface area contributed by atoms with Crippen molar-refractivity contribution in [1.29, 1.82) is 0 Å². The number of hydrogen-bond acceptors (Lipinski definition) is 3. The van der Waals surface area contributed by atoms with Crippen LogP contribution >= 0.6 is 0 Å². The van der Waals surface area contributed by atoms with Crippen LogP contribution in [0.1, 0.15) is 32.6 Å². The van der Waals surface area contributed by atoms with Crippen LogP contribution in [-0.4, -0.2) is 31.2 Å². The van der Waals surface area contributed by atoms with Crippen molar-refractivity contribution in [3.63, 3.8) is 0 Å². The number of amides is 1. The van der Waals surface area contributed by atoms with Gasteiger partial charge in [-0.05, 0) is 26.2 Å². The van der Waals surface area contributed by atoms with Gasteiger partial charge in [0.1, 0.15) is 0 Å². The Morgan fingerprint density at radius 3 is 2.81 bits per heavy atom. The van der Waals surface area contributed by atoms with Gasteiger partial charge in [0.25, 0.3) is 0 Å². The van der Waals surface area contributed by atoms with E-state index >= 15 is 0 Å². The molecule has 1 heterocycles. The van der Waals surface area contributed by atoms with Crippen LogP contribution in [0.25, 0.3) is 0 Å². The smallest absolute Gasteiger partial charge is 0.224 e. The summed E-state index contributed by atoms with van der Waals surface area (Å²) in [5.41, 5.74) is 5.92. The highest BCUT2D eigenvalue weighted by molar-refractivity contribution is 5.80. The van der Waals surface area contributed by atoms with Crippen LogP contribution in [0.2, 0.25) is 0 Å². The van der Waals surface area contributed by atoms with Crippen molar-refractivity contribution < 1.29 is 9.53 Å². The molecule has 2 fully saturated rings. The number of nitrogens with one attached hydrogen (secondary N) is 1. The van der Waals surface area contributed by atoms with Gasteiger partial charge in [0.15, 0.2) is 0 Å². The summed E-state index contributed by atoms with van der Waals surface area (Å²) >= 11 is 0. The summed E-state index contributed by atoms with van der Waals surface area (Å²) in [7, 11) is 0. The average Bonchev–Trinajstić information content (AvgIpc) is 2.86. The monoisotopic (exact) mass is 226 g/mol. The predicted octanol–water partition coefficient (Wildman–Crippen LogP) is 0.655. The van der Waals surface area contributed by atoms with Crippen molar-refractivity contribution >= 4 is 5.91 Å². The van der Waals surface area contributed by atoms with E-state index in [1.807, 2.05) is 0 Å². The molecule has 4 nitrogen and oxygen atoms in total. The van der Waals surface area contributed by atoms with Gasteiger partial charge in [-0.25, -0.2) is 0 Å². The minimum atomic E-state index is 0.0322. The van der Waals surface area contributed by atoms with E-state index in [1.165, 1.54) is 0 Å². The Bertz CT molecular complexity index is 251. The maximum Gasteiger partial charge on any atom is 0.224 e. The lowest BCUT2D eigenvalue weighted by Gasteiger charge is -2.22. The van der Waals surface area contributed by atoms with Gasteiger partial charge >= 0.3 is 0 Å². The van der Waals surface area contributed by atoms with E-state index in [1.54, 1.807) is 0 Å². The Morgan fingerprint density at radius 1 is 1.44 bits per heavy atom. The highest BCUT2D eigenvalue weighted by Crippen LogP contribution is 2.25. The topological polar surface area (TPSA) is 64.4 Å². The first-order valence-electron chi connectivity index (χ1n) is 6.32. The molecule has 92 valence electrons. The zero-order valence-electron chi connectivity index (χ0n) is 9.95. The fourth-order valence-corrected chi connectivity index (χ4v) is 2.71. The van der Waals surface area contributed by atoms with Gasteiger partial charge in [0, 0.05) is 24.6 Å². The summed E-state index contributed by atoms with van der Waals surface area (Å²) in [6, 6.07) is 0.273. The van der Waals surface area contributed by atoms with E-state index < -0.39 is 0 Å². The molecule has 1 saturated carbocycles. The molecule has 16 heavy (non-hydrogen) atoms. The number of carbonyl (C=O) groups excluding carboxylic acids is 1. The molecule has 3 N–H and O–H groups in total. The zero-order valence-corrected chi connectivity index (χ0v) is 9.95. The summed E-state index contributed by atoms with van der Waals surface area (Å²) < 4.78 is 5.33. The Balaban J connectivity index is 1.81. The molecule has 0 aromatic carbocycles. The highest BCUT2D eigenvalue weighted by atomic mass is 16.5. The fourth-order valence-electron chi connectivity index (χ4n) is 2.71. The molecule has 4 atom stereocenters. The molecule has 1 saturated heterocycles. The van der Waals surface area contributed by atoms with E-state index in [-0.39, 0.29) is 23.9 Å². The molecule has 1 aliphatic carbocycles. The molecule has 2 rings (SSSR count). The highest BCUT2D eigenvalue weighted by Gasteiger charge is 2.32. The summed E-state index contributed by atoms with van der Waals surface area (Å²) in [5.74, 6) is 0.649. The summed E-state index contributed by atoms with van der Waals surface area (Å²) in [4.78, 5) is 12.0. The van der Waals surface area contributed by atoms with Crippen LogP contribution in [0, 0.1) is 11.8 Å². The van der Waals surface area contributed by atoms with Gasteiger partial charge < -0.3 is 15.8 Å². The largest absolute Gasteiger partial charge is 0.381 e. The zero-order chi connectivity index (χ0) is 11.5. The molecule has 0 radical (unpaired) electrons. The van der Waals surface area contributed by atoms with Crippen LogP contribution in [0.3, 0.4) is 0 Å². The quantitative estimate of drug-likeness (QED) is 0.743. The third-order valence-electron chi connectivity index (χ3n) is 3.95. The predicted molar refractivity (Wildman–Crippen MR) is 61.8 cm³/mol. The van der Waals surface area contributed by atoms with E-state index in [2.05, 4.69) is 12.2 Å². The fraction of sp³-hybridized carbons (Fsp3) is 0.917. The third kappa shape index (κ3) is 2.55. The molecule has 1 aliphatic heterocycles. The number of rotatable bonds is 3. The van der Waals surface area contributed by atoms with Gasteiger partial charge in [-0.2, -0.15) is 0 Å². The number of nitrogens with two attached hydrogens (primary N) is 1. The standard InChI is InChI=1S/C12H22N2O2/c1-8(9-5-6-16-7-9)14-12(15)10-3-2-4-11(10)13/h8-11H,2-7,13H2,1H3,(H,14,15). The number of hydrogen-bond donors (Lipinski definition) is 2. The summed E-state index contributed by atoms with van der Waals surface area (Å²) in [6.07, 6.45) is 4.07. The van der Waals surface area contributed by atoms with Crippen molar-refractivity contribution in [3.05, 3.63) is 0 Å². The van der Waals surface area contributed by atoms with Crippen LogP contribution in [0.4, 0.5) is 0 Å². The van der Waals surface area contributed by atoms with Crippen LogP contribution in [0.5, 0.6) is 0 Å². The molecule has 1 amide bonds. The van der Waals surface area contributed by atoms with Gasteiger partial charge in [-0.3, -0.25) is 4.79 Å². The lowest BCUT2D eigenvalue weighted by atomic mass is 9.98. The Labute approximate surface area is 96.9 Å². The second-order valence-corrected chi connectivity index (χ2v) is 5.12. The molecule has 0 aromatic rings. The van der Waals surface area contributed by atoms with Gasteiger partial charge in [-0.1, -0.05) is 6.42 Å². The van der Waals surface area contributed by atoms with E-state index in [9.17, 15) is 4.79 Å². The Hall–Kier alpha value is -0.610. The van der Waals surface area contributed by atoms with Crippen LogP contribution < -0.4 is 11.1 Å².